The van der Waals surface area contributed by atoms with E-state index in [9.17, 15) is 5.11 Å². The highest BCUT2D eigenvalue weighted by Crippen LogP contribution is 2.32. The van der Waals surface area contributed by atoms with Crippen LogP contribution in [-0.2, 0) is 6.42 Å². The molecule has 1 aromatic heterocycles. The Morgan fingerprint density at radius 1 is 1.14 bits per heavy atom. The average Bonchev–Trinajstić information content (AvgIpc) is 2.49. The van der Waals surface area contributed by atoms with Crippen molar-refractivity contribution >= 4 is 22.4 Å². The van der Waals surface area contributed by atoms with Crippen LogP contribution in [0.5, 0.6) is 11.5 Å². The summed E-state index contributed by atoms with van der Waals surface area (Å²) in [4.78, 5) is 4.25. The van der Waals surface area contributed by atoms with Crippen LogP contribution in [0, 0.1) is 0 Å². The molecule has 0 amide bonds. The lowest BCUT2D eigenvalue weighted by Crippen LogP contribution is -1.93. The van der Waals surface area contributed by atoms with Crippen molar-refractivity contribution in [3.63, 3.8) is 0 Å². The van der Waals surface area contributed by atoms with Gasteiger partial charge in [-0.2, -0.15) is 0 Å². The van der Waals surface area contributed by atoms with Gasteiger partial charge in [-0.1, -0.05) is 23.7 Å². The number of nitrogens with zero attached hydrogens (tertiary/aromatic N) is 1. The third kappa shape index (κ3) is 2.78. The Morgan fingerprint density at radius 3 is 2.62 bits per heavy atom. The Bertz CT molecular complexity index is 785. The van der Waals surface area contributed by atoms with Crippen LogP contribution >= 0.6 is 11.6 Å². The second-order valence-electron chi connectivity index (χ2n) is 4.85. The van der Waals surface area contributed by atoms with Crippen molar-refractivity contribution in [2.45, 2.75) is 6.42 Å². The van der Waals surface area contributed by atoms with Crippen LogP contribution < -0.4 is 4.74 Å². The van der Waals surface area contributed by atoms with E-state index in [1.807, 2.05) is 36.5 Å². The van der Waals surface area contributed by atoms with Crippen LogP contribution in [0.1, 0.15) is 11.1 Å². The van der Waals surface area contributed by atoms with Gasteiger partial charge in [-0.3, -0.25) is 4.98 Å². The maximum atomic E-state index is 9.85. The number of phenolic OH excluding ortho intramolecular Hbond substituents is 1. The Hall–Kier alpha value is -2.26. The number of phenols is 1. The topological polar surface area (TPSA) is 42.4 Å². The number of aromatic hydroxyl groups is 1. The zero-order valence-corrected chi connectivity index (χ0v) is 12.3. The Kier molecular flexibility index (Phi) is 3.67. The molecule has 0 bridgehead atoms. The van der Waals surface area contributed by atoms with E-state index in [1.165, 1.54) is 0 Å². The molecule has 4 heteroatoms. The lowest BCUT2D eigenvalue weighted by molar-refractivity contribution is 0.374. The summed E-state index contributed by atoms with van der Waals surface area (Å²) < 4.78 is 5.19. The fourth-order valence-corrected chi connectivity index (χ4v) is 2.50. The minimum absolute atomic E-state index is 0.121. The quantitative estimate of drug-likeness (QED) is 0.788. The molecule has 3 nitrogen and oxygen atoms in total. The van der Waals surface area contributed by atoms with Gasteiger partial charge in [0.2, 0.25) is 0 Å². The summed E-state index contributed by atoms with van der Waals surface area (Å²) in [5.74, 6) is 0.585. The van der Waals surface area contributed by atoms with Crippen LogP contribution in [0.15, 0.2) is 48.8 Å². The maximum Gasteiger partial charge on any atom is 0.161 e. The molecule has 0 fully saturated rings. The molecule has 0 aliphatic rings. The van der Waals surface area contributed by atoms with Crippen molar-refractivity contribution in [3.05, 3.63) is 64.9 Å². The minimum Gasteiger partial charge on any atom is -0.504 e. The zero-order chi connectivity index (χ0) is 14.8. The van der Waals surface area contributed by atoms with Gasteiger partial charge in [0.25, 0.3) is 0 Å². The molecule has 3 rings (SSSR count). The van der Waals surface area contributed by atoms with Crippen molar-refractivity contribution in [2.75, 3.05) is 7.11 Å². The molecule has 0 saturated heterocycles. The van der Waals surface area contributed by atoms with Crippen LogP contribution in [0.4, 0.5) is 0 Å². The van der Waals surface area contributed by atoms with Crippen molar-refractivity contribution in [3.8, 4) is 11.5 Å². The van der Waals surface area contributed by atoms with Crippen molar-refractivity contribution in [1.29, 1.82) is 0 Å². The summed E-state index contributed by atoms with van der Waals surface area (Å²) in [6, 6.07) is 11.3. The summed E-state index contributed by atoms with van der Waals surface area (Å²) >= 11 is 5.91. The smallest absolute Gasteiger partial charge is 0.161 e. The summed E-state index contributed by atoms with van der Waals surface area (Å²) in [6.45, 7) is 0. The molecule has 0 aliphatic carbocycles. The van der Waals surface area contributed by atoms with Crippen LogP contribution in [-0.4, -0.2) is 17.2 Å². The lowest BCUT2D eigenvalue weighted by Gasteiger charge is -2.09. The van der Waals surface area contributed by atoms with Gasteiger partial charge in [-0.15, -0.1) is 0 Å². The summed E-state index contributed by atoms with van der Waals surface area (Å²) in [6.07, 6.45) is 4.32. The van der Waals surface area contributed by atoms with Gasteiger partial charge in [-0.25, -0.2) is 0 Å². The van der Waals surface area contributed by atoms with E-state index in [-0.39, 0.29) is 5.75 Å². The molecular weight excluding hydrogens is 286 g/mol. The fourth-order valence-electron chi connectivity index (χ4n) is 2.37. The highest BCUT2D eigenvalue weighted by molar-refractivity contribution is 6.30. The number of halogens is 1. The largest absolute Gasteiger partial charge is 0.504 e. The van der Waals surface area contributed by atoms with Crippen molar-refractivity contribution < 1.29 is 9.84 Å². The first-order valence-corrected chi connectivity index (χ1v) is 6.93. The van der Waals surface area contributed by atoms with Crippen molar-refractivity contribution in [2.24, 2.45) is 0 Å². The van der Waals surface area contributed by atoms with Gasteiger partial charge in [-0.05, 0) is 47.2 Å². The first-order chi connectivity index (χ1) is 10.2. The van der Waals surface area contributed by atoms with Gasteiger partial charge in [0.05, 0.1) is 7.11 Å². The number of pyridine rings is 1. The van der Waals surface area contributed by atoms with E-state index in [2.05, 4.69) is 4.98 Å². The van der Waals surface area contributed by atoms with E-state index in [0.29, 0.717) is 5.75 Å². The van der Waals surface area contributed by atoms with E-state index >= 15 is 0 Å². The van der Waals surface area contributed by atoms with E-state index < -0.39 is 0 Å². The number of rotatable bonds is 3. The van der Waals surface area contributed by atoms with Gasteiger partial charge >= 0.3 is 0 Å². The second kappa shape index (κ2) is 5.62. The molecule has 106 valence electrons. The Balaban J connectivity index is 2.07. The maximum absolute atomic E-state index is 9.85. The number of benzene rings is 2. The van der Waals surface area contributed by atoms with E-state index in [4.69, 9.17) is 16.3 Å². The van der Waals surface area contributed by atoms with Crippen LogP contribution in [0.3, 0.4) is 0 Å². The molecule has 0 aliphatic heterocycles. The molecule has 0 radical (unpaired) electrons. The second-order valence-corrected chi connectivity index (χ2v) is 5.28. The van der Waals surface area contributed by atoms with Crippen molar-refractivity contribution in [1.82, 2.24) is 4.98 Å². The first kappa shape index (κ1) is 13.7. The zero-order valence-electron chi connectivity index (χ0n) is 11.5. The van der Waals surface area contributed by atoms with Gasteiger partial charge in [0, 0.05) is 22.8 Å². The highest BCUT2D eigenvalue weighted by Gasteiger charge is 2.08. The number of fused-ring (bicyclic) bond motifs is 1. The molecule has 0 unspecified atom stereocenters. The molecule has 2 aromatic carbocycles. The predicted octanol–water partition coefficient (Wildman–Crippen LogP) is 4.19. The number of hydrogen-bond donors (Lipinski definition) is 1. The molecule has 0 spiro atoms. The number of hydrogen-bond acceptors (Lipinski definition) is 3. The predicted molar refractivity (Wildman–Crippen MR) is 84.2 cm³/mol. The molecule has 0 saturated carbocycles. The molecule has 1 N–H and O–H groups in total. The molecule has 3 aromatic rings. The lowest BCUT2D eigenvalue weighted by atomic mass is 10.0. The van der Waals surface area contributed by atoms with Crippen LogP contribution in [0.2, 0.25) is 5.02 Å². The van der Waals surface area contributed by atoms with E-state index in [0.717, 1.165) is 33.3 Å². The number of ether oxygens (including phenoxy) is 1. The van der Waals surface area contributed by atoms with E-state index in [1.54, 1.807) is 19.4 Å². The van der Waals surface area contributed by atoms with Gasteiger partial charge in [0.15, 0.2) is 11.5 Å². The average molecular weight is 300 g/mol. The SMILES string of the molecule is COc1cc2c(Cc3ccc(Cl)cc3)cncc2cc1O. The first-order valence-electron chi connectivity index (χ1n) is 6.55. The molecule has 21 heavy (non-hydrogen) atoms. The standard InChI is InChI=1S/C17H14ClNO2/c1-21-17-8-15-12(6-11-2-4-14(18)5-3-11)9-19-10-13(15)7-16(17)20/h2-5,7-10,20H,6H2,1H3. The summed E-state index contributed by atoms with van der Waals surface area (Å²) in [7, 11) is 1.54. The Morgan fingerprint density at radius 2 is 1.90 bits per heavy atom. The fraction of sp³-hybridized carbons (Fsp3) is 0.118. The summed E-state index contributed by atoms with van der Waals surface area (Å²) in [5, 5.41) is 12.5. The minimum atomic E-state index is 0.121. The van der Waals surface area contributed by atoms with Gasteiger partial charge < -0.3 is 9.84 Å². The third-order valence-electron chi connectivity index (χ3n) is 3.45. The van der Waals surface area contributed by atoms with Crippen LogP contribution in [0.25, 0.3) is 10.8 Å². The molecule has 0 atom stereocenters. The highest BCUT2D eigenvalue weighted by atomic mass is 35.5. The van der Waals surface area contributed by atoms with Gasteiger partial charge in [0.1, 0.15) is 0 Å². The molecular formula is C17H14ClNO2. The monoisotopic (exact) mass is 299 g/mol. The number of aromatic nitrogens is 1. The Labute approximate surface area is 127 Å². The normalized spacial score (nSPS) is 10.8. The summed E-state index contributed by atoms with van der Waals surface area (Å²) in [5.41, 5.74) is 2.23. The number of methoxy groups -OCH3 is 1. The third-order valence-corrected chi connectivity index (χ3v) is 3.70. The molecule has 1 heterocycles.